The van der Waals surface area contributed by atoms with Gasteiger partial charge in [0.1, 0.15) is 0 Å². The fourth-order valence-corrected chi connectivity index (χ4v) is 2.76. The SMILES string of the molecule is CC1=CC=C2Nc3ccccc3[C@]2(C)C1. The second-order valence-corrected chi connectivity index (χ2v) is 4.77. The Kier molecular flexibility index (Phi) is 1.61. The standard InChI is InChI=1S/C14H15N/c1-10-7-8-13-14(2,9-10)11-5-3-4-6-12(11)15-13/h3-8,15H,9H2,1-2H3/t14-/m0/s1. The highest BCUT2D eigenvalue weighted by atomic mass is 15.0. The lowest BCUT2D eigenvalue weighted by Gasteiger charge is -2.29. The summed E-state index contributed by atoms with van der Waals surface area (Å²) in [5.41, 5.74) is 5.68. The molecule has 1 aromatic rings. The molecule has 3 rings (SSSR count). The van der Waals surface area contributed by atoms with Crippen LogP contribution in [0.4, 0.5) is 5.69 Å². The van der Waals surface area contributed by atoms with Crippen LogP contribution in [-0.2, 0) is 5.41 Å². The molecule has 0 bridgehead atoms. The number of hydrogen-bond acceptors (Lipinski definition) is 1. The van der Waals surface area contributed by atoms with Gasteiger partial charge in [-0.05, 0) is 38.0 Å². The molecule has 1 aliphatic carbocycles. The van der Waals surface area contributed by atoms with E-state index in [-0.39, 0.29) is 5.41 Å². The Morgan fingerprint density at radius 1 is 1.20 bits per heavy atom. The summed E-state index contributed by atoms with van der Waals surface area (Å²) in [6.45, 7) is 4.54. The van der Waals surface area contributed by atoms with Crippen LogP contribution in [0.1, 0.15) is 25.8 Å². The smallest absolute Gasteiger partial charge is 0.0424 e. The quantitative estimate of drug-likeness (QED) is 0.670. The van der Waals surface area contributed by atoms with Gasteiger partial charge in [0.25, 0.3) is 0 Å². The molecule has 0 saturated heterocycles. The minimum Gasteiger partial charge on any atom is -0.358 e. The van der Waals surface area contributed by atoms with E-state index in [1.54, 1.807) is 0 Å². The molecule has 2 aliphatic rings. The predicted molar refractivity (Wildman–Crippen MR) is 63.9 cm³/mol. The van der Waals surface area contributed by atoms with Gasteiger partial charge in [-0.15, -0.1) is 0 Å². The molecule has 1 N–H and O–H groups in total. The Hall–Kier alpha value is -1.50. The van der Waals surface area contributed by atoms with Gasteiger partial charge in [-0.2, -0.15) is 0 Å². The first-order chi connectivity index (χ1) is 7.20. The highest BCUT2D eigenvalue weighted by Crippen LogP contribution is 2.48. The molecular formula is C14H15N. The van der Waals surface area contributed by atoms with Gasteiger partial charge < -0.3 is 5.32 Å². The van der Waals surface area contributed by atoms with Crippen LogP contribution in [-0.4, -0.2) is 0 Å². The highest BCUT2D eigenvalue weighted by Gasteiger charge is 2.39. The average Bonchev–Trinajstić information content (AvgIpc) is 2.51. The Balaban J connectivity index is 2.19. The average molecular weight is 197 g/mol. The number of fused-ring (bicyclic) bond motifs is 3. The number of allylic oxidation sites excluding steroid dienone is 4. The lowest BCUT2D eigenvalue weighted by atomic mass is 9.74. The molecule has 0 spiro atoms. The van der Waals surface area contributed by atoms with Crippen LogP contribution < -0.4 is 5.32 Å². The van der Waals surface area contributed by atoms with E-state index in [2.05, 4.69) is 55.6 Å². The Labute approximate surface area is 90.5 Å². The third kappa shape index (κ3) is 1.09. The third-order valence-electron chi connectivity index (χ3n) is 3.55. The van der Waals surface area contributed by atoms with E-state index in [1.807, 2.05) is 0 Å². The van der Waals surface area contributed by atoms with Crippen LogP contribution in [0.25, 0.3) is 0 Å². The zero-order valence-electron chi connectivity index (χ0n) is 9.17. The maximum absolute atomic E-state index is 3.51. The molecule has 1 nitrogen and oxygen atoms in total. The normalized spacial score (nSPS) is 27.3. The van der Waals surface area contributed by atoms with Crippen molar-refractivity contribution in [2.45, 2.75) is 25.7 Å². The van der Waals surface area contributed by atoms with Crippen molar-refractivity contribution in [2.75, 3.05) is 5.32 Å². The molecule has 76 valence electrons. The van der Waals surface area contributed by atoms with Gasteiger partial charge in [-0.1, -0.05) is 29.8 Å². The summed E-state index contributed by atoms with van der Waals surface area (Å²) in [5.74, 6) is 0. The van der Waals surface area contributed by atoms with E-state index in [4.69, 9.17) is 0 Å². The largest absolute Gasteiger partial charge is 0.358 e. The third-order valence-corrected chi connectivity index (χ3v) is 3.55. The van der Waals surface area contributed by atoms with Gasteiger partial charge in [0.05, 0.1) is 0 Å². The van der Waals surface area contributed by atoms with Crippen molar-refractivity contribution in [3.8, 4) is 0 Å². The molecule has 0 aromatic heterocycles. The molecule has 15 heavy (non-hydrogen) atoms. The maximum Gasteiger partial charge on any atom is 0.0424 e. The van der Waals surface area contributed by atoms with Crippen LogP contribution in [0.2, 0.25) is 0 Å². The van der Waals surface area contributed by atoms with Crippen molar-refractivity contribution in [1.29, 1.82) is 0 Å². The van der Waals surface area contributed by atoms with Gasteiger partial charge in [-0.25, -0.2) is 0 Å². The van der Waals surface area contributed by atoms with Crippen molar-refractivity contribution in [3.63, 3.8) is 0 Å². The van der Waals surface area contributed by atoms with Crippen molar-refractivity contribution < 1.29 is 0 Å². The van der Waals surface area contributed by atoms with Crippen molar-refractivity contribution in [3.05, 3.63) is 53.3 Å². The molecule has 1 atom stereocenters. The molecule has 0 fully saturated rings. The molecule has 0 unspecified atom stereocenters. The molecule has 1 heterocycles. The van der Waals surface area contributed by atoms with Gasteiger partial charge in [0.2, 0.25) is 0 Å². The Morgan fingerprint density at radius 3 is 2.87 bits per heavy atom. The van der Waals surface area contributed by atoms with Gasteiger partial charge in [0, 0.05) is 16.8 Å². The maximum atomic E-state index is 3.51. The number of hydrogen-bond donors (Lipinski definition) is 1. The first kappa shape index (κ1) is 8.78. The topological polar surface area (TPSA) is 12.0 Å². The Morgan fingerprint density at radius 2 is 2.00 bits per heavy atom. The Bertz CT molecular complexity index is 482. The van der Waals surface area contributed by atoms with E-state index >= 15 is 0 Å². The minimum absolute atomic E-state index is 0.176. The molecule has 0 radical (unpaired) electrons. The number of rotatable bonds is 0. The van der Waals surface area contributed by atoms with Crippen LogP contribution in [0.5, 0.6) is 0 Å². The van der Waals surface area contributed by atoms with Gasteiger partial charge in [0.15, 0.2) is 0 Å². The monoisotopic (exact) mass is 197 g/mol. The van der Waals surface area contributed by atoms with Crippen molar-refractivity contribution >= 4 is 5.69 Å². The zero-order chi connectivity index (χ0) is 10.5. The number of benzene rings is 1. The second kappa shape index (κ2) is 2.75. The second-order valence-electron chi connectivity index (χ2n) is 4.77. The summed E-state index contributed by atoms with van der Waals surface area (Å²) in [7, 11) is 0. The lowest BCUT2D eigenvalue weighted by Crippen LogP contribution is -2.24. The molecule has 0 amide bonds. The number of anilines is 1. The molecule has 1 heteroatoms. The van der Waals surface area contributed by atoms with Crippen LogP contribution >= 0.6 is 0 Å². The van der Waals surface area contributed by atoms with Crippen molar-refractivity contribution in [2.24, 2.45) is 0 Å². The summed E-state index contributed by atoms with van der Waals surface area (Å²) >= 11 is 0. The number of para-hydroxylation sites is 1. The molecule has 1 aromatic carbocycles. The highest BCUT2D eigenvalue weighted by molar-refractivity contribution is 5.69. The van der Waals surface area contributed by atoms with E-state index in [9.17, 15) is 0 Å². The van der Waals surface area contributed by atoms with Crippen LogP contribution in [0.15, 0.2) is 47.7 Å². The predicted octanol–water partition coefficient (Wildman–Crippen LogP) is 3.60. The zero-order valence-corrected chi connectivity index (χ0v) is 9.17. The molecule has 0 saturated carbocycles. The first-order valence-corrected chi connectivity index (χ1v) is 5.45. The van der Waals surface area contributed by atoms with E-state index in [0.29, 0.717) is 0 Å². The van der Waals surface area contributed by atoms with Crippen molar-refractivity contribution in [1.82, 2.24) is 0 Å². The van der Waals surface area contributed by atoms with Crippen LogP contribution in [0.3, 0.4) is 0 Å². The summed E-state index contributed by atoms with van der Waals surface area (Å²) in [5, 5.41) is 3.51. The van der Waals surface area contributed by atoms with E-state index in [1.165, 1.54) is 22.5 Å². The van der Waals surface area contributed by atoms with Gasteiger partial charge in [-0.3, -0.25) is 0 Å². The van der Waals surface area contributed by atoms with E-state index < -0.39 is 0 Å². The number of nitrogens with one attached hydrogen (secondary N) is 1. The van der Waals surface area contributed by atoms with Gasteiger partial charge >= 0.3 is 0 Å². The summed E-state index contributed by atoms with van der Waals surface area (Å²) < 4.78 is 0. The summed E-state index contributed by atoms with van der Waals surface area (Å²) in [6.07, 6.45) is 5.57. The fourth-order valence-electron chi connectivity index (χ4n) is 2.76. The minimum atomic E-state index is 0.176. The first-order valence-electron chi connectivity index (χ1n) is 5.45. The lowest BCUT2D eigenvalue weighted by molar-refractivity contribution is 0.567. The fraction of sp³-hybridized carbons (Fsp3) is 0.286. The summed E-state index contributed by atoms with van der Waals surface area (Å²) in [4.78, 5) is 0. The molecular weight excluding hydrogens is 182 g/mol. The van der Waals surface area contributed by atoms with E-state index in [0.717, 1.165) is 6.42 Å². The summed E-state index contributed by atoms with van der Waals surface area (Å²) in [6, 6.07) is 8.62. The van der Waals surface area contributed by atoms with Crippen LogP contribution in [0, 0.1) is 0 Å². The molecule has 1 aliphatic heterocycles.